The minimum atomic E-state index is -1.03. The van der Waals surface area contributed by atoms with Gasteiger partial charge in [-0.3, -0.25) is 9.59 Å². The Morgan fingerprint density at radius 2 is 2.29 bits per heavy atom. The van der Waals surface area contributed by atoms with Crippen molar-refractivity contribution in [1.29, 1.82) is 0 Å². The fraction of sp³-hybridized carbons (Fsp3) is 0.727. The quantitative estimate of drug-likeness (QED) is 0.612. The number of carboxylic acid groups (broad SMARTS) is 1. The Kier molecular flexibility index (Phi) is 4.93. The number of aliphatic carboxylic acids is 1. The second kappa shape index (κ2) is 6.22. The predicted octanol–water partition coefficient (Wildman–Crippen LogP) is 0.0246. The fourth-order valence-electron chi connectivity index (χ4n) is 1.75. The largest absolute Gasteiger partial charge is 0.480 e. The number of carboxylic acids is 1. The number of carbonyl (C=O) groups excluding carboxylic acids is 2. The molecule has 1 rings (SSSR count). The van der Waals surface area contributed by atoms with E-state index in [1.807, 2.05) is 6.92 Å². The van der Waals surface area contributed by atoms with Gasteiger partial charge in [0.05, 0.1) is 0 Å². The van der Waals surface area contributed by atoms with Gasteiger partial charge in [0.25, 0.3) is 0 Å². The van der Waals surface area contributed by atoms with Gasteiger partial charge in [-0.05, 0) is 12.8 Å². The molecule has 3 N–H and O–H groups in total. The maximum Gasteiger partial charge on any atom is 0.326 e. The van der Waals surface area contributed by atoms with Crippen LogP contribution in [-0.2, 0) is 14.4 Å². The average molecular weight is 242 g/mol. The standard InChI is InChI=1S/C11H18N2O4/c1-2-3-4-8(11(16)17)13-10(15)7-5-6-9(14)12-7/h7-8H,2-6H2,1H3,(H,12,14)(H,13,15)(H,16,17). The molecule has 2 unspecified atom stereocenters. The van der Waals surface area contributed by atoms with Gasteiger partial charge in [0, 0.05) is 6.42 Å². The lowest BCUT2D eigenvalue weighted by molar-refractivity contribution is -0.142. The van der Waals surface area contributed by atoms with E-state index >= 15 is 0 Å². The molecule has 1 aliphatic rings. The molecule has 17 heavy (non-hydrogen) atoms. The van der Waals surface area contributed by atoms with Gasteiger partial charge in [-0.25, -0.2) is 4.79 Å². The van der Waals surface area contributed by atoms with E-state index in [1.165, 1.54) is 0 Å². The van der Waals surface area contributed by atoms with Gasteiger partial charge in [-0.1, -0.05) is 19.8 Å². The number of hydrogen-bond donors (Lipinski definition) is 3. The molecule has 2 atom stereocenters. The van der Waals surface area contributed by atoms with Crippen LogP contribution < -0.4 is 10.6 Å². The highest BCUT2D eigenvalue weighted by Crippen LogP contribution is 2.08. The Bertz CT molecular complexity index is 317. The smallest absolute Gasteiger partial charge is 0.326 e. The van der Waals surface area contributed by atoms with Crippen LogP contribution in [0.3, 0.4) is 0 Å². The van der Waals surface area contributed by atoms with E-state index in [4.69, 9.17) is 5.11 Å². The highest BCUT2D eigenvalue weighted by molar-refractivity contribution is 5.92. The summed E-state index contributed by atoms with van der Waals surface area (Å²) in [5.74, 6) is -1.60. The molecule has 0 aliphatic carbocycles. The van der Waals surface area contributed by atoms with Crippen molar-refractivity contribution in [3.05, 3.63) is 0 Å². The van der Waals surface area contributed by atoms with Crippen molar-refractivity contribution in [3.63, 3.8) is 0 Å². The summed E-state index contributed by atoms with van der Waals surface area (Å²) in [6.07, 6.45) is 2.79. The molecule has 96 valence electrons. The first-order chi connectivity index (χ1) is 8.04. The topological polar surface area (TPSA) is 95.5 Å². The summed E-state index contributed by atoms with van der Waals surface area (Å²) in [6.45, 7) is 1.96. The molecule has 0 aromatic carbocycles. The van der Waals surface area contributed by atoms with Crippen molar-refractivity contribution in [1.82, 2.24) is 10.6 Å². The first-order valence-corrected chi connectivity index (χ1v) is 5.87. The fourth-order valence-corrected chi connectivity index (χ4v) is 1.75. The van der Waals surface area contributed by atoms with Gasteiger partial charge in [-0.15, -0.1) is 0 Å². The third-order valence-corrected chi connectivity index (χ3v) is 2.77. The van der Waals surface area contributed by atoms with Gasteiger partial charge < -0.3 is 15.7 Å². The van der Waals surface area contributed by atoms with E-state index < -0.39 is 24.0 Å². The SMILES string of the molecule is CCCCC(NC(=O)C1CCC(=O)N1)C(=O)O. The molecule has 6 nitrogen and oxygen atoms in total. The highest BCUT2D eigenvalue weighted by atomic mass is 16.4. The Labute approximate surface area is 99.8 Å². The Morgan fingerprint density at radius 1 is 1.59 bits per heavy atom. The van der Waals surface area contributed by atoms with Gasteiger partial charge in [0.1, 0.15) is 12.1 Å². The molecule has 6 heteroatoms. The second-order valence-electron chi connectivity index (χ2n) is 4.20. The molecule has 0 aromatic heterocycles. The lowest BCUT2D eigenvalue weighted by atomic mass is 10.1. The summed E-state index contributed by atoms with van der Waals surface area (Å²) < 4.78 is 0. The van der Waals surface area contributed by atoms with Crippen molar-refractivity contribution in [3.8, 4) is 0 Å². The van der Waals surface area contributed by atoms with E-state index in [0.717, 1.165) is 12.8 Å². The number of rotatable bonds is 6. The third-order valence-electron chi connectivity index (χ3n) is 2.77. The van der Waals surface area contributed by atoms with Gasteiger partial charge in [0.15, 0.2) is 0 Å². The van der Waals surface area contributed by atoms with Gasteiger partial charge >= 0.3 is 5.97 Å². The number of unbranched alkanes of at least 4 members (excludes halogenated alkanes) is 1. The Balaban J connectivity index is 2.46. The predicted molar refractivity (Wildman–Crippen MR) is 60.3 cm³/mol. The molecule has 1 aliphatic heterocycles. The molecular weight excluding hydrogens is 224 g/mol. The molecule has 1 heterocycles. The van der Waals surface area contributed by atoms with Crippen LogP contribution in [-0.4, -0.2) is 35.0 Å². The molecule has 1 fully saturated rings. The molecule has 0 bridgehead atoms. The highest BCUT2D eigenvalue weighted by Gasteiger charge is 2.29. The summed E-state index contributed by atoms with van der Waals surface area (Å²) in [4.78, 5) is 33.5. The van der Waals surface area contributed by atoms with Crippen LogP contribution in [0.1, 0.15) is 39.0 Å². The van der Waals surface area contributed by atoms with Crippen molar-refractivity contribution in [2.75, 3.05) is 0 Å². The zero-order valence-corrected chi connectivity index (χ0v) is 9.86. The maximum atomic E-state index is 11.7. The van der Waals surface area contributed by atoms with Crippen molar-refractivity contribution >= 4 is 17.8 Å². The zero-order valence-electron chi connectivity index (χ0n) is 9.86. The van der Waals surface area contributed by atoms with E-state index in [9.17, 15) is 14.4 Å². The molecular formula is C11H18N2O4. The molecule has 0 saturated carbocycles. The van der Waals surface area contributed by atoms with E-state index in [0.29, 0.717) is 19.3 Å². The molecule has 0 radical (unpaired) electrons. The molecule has 0 spiro atoms. The Hall–Kier alpha value is -1.59. The molecule has 1 saturated heterocycles. The lowest BCUT2D eigenvalue weighted by Gasteiger charge is -2.17. The average Bonchev–Trinajstić information content (AvgIpc) is 2.70. The number of amides is 2. The lowest BCUT2D eigenvalue weighted by Crippen LogP contribution is -2.48. The molecule has 0 aromatic rings. The summed E-state index contributed by atoms with van der Waals surface area (Å²) in [5.41, 5.74) is 0. The second-order valence-corrected chi connectivity index (χ2v) is 4.20. The van der Waals surface area contributed by atoms with Crippen LogP contribution in [0.25, 0.3) is 0 Å². The third kappa shape index (κ3) is 4.05. The number of carbonyl (C=O) groups is 3. The molecule has 2 amide bonds. The minimum absolute atomic E-state index is 0.161. The van der Waals surface area contributed by atoms with Crippen LogP contribution in [0.2, 0.25) is 0 Å². The van der Waals surface area contributed by atoms with Gasteiger partial charge in [0.2, 0.25) is 11.8 Å². The zero-order chi connectivity index (χ0) is 12.8. The Morgan fingerprint density at radius 3 is 2.76 bits per heavy atom. The van der Waals surface area contributed by atoms with Gasteiger partial charge in [-0.2, -0.15) is 0 Å². The summed E-state index contributed by atoms with van der Waals surface area (Å²) in [7, 11) is 0. The van der Waals surface area contributed by atoms with Crippen molar-refractivity contribution in [2.45, 2.75) is 51.1 Å². The number of hydrogen-bond acceptors (Lipinski definition) is 3. The minimum Gasteiger partial charge on any atom is -0.480 e. The first kappa shape index (κ1) is 13.5. The normalized spacial score (nSPS) is 20.8. The van der Waals surface area contributed by atoms with Crippen molar-refractivity contribution in [2.24, 2.45) is 0 Å². The summed E-state index contributed by atoms with van der Waals surface area (Å²) in [6, 6.07) is -1.44. The summed E-state index contributed by atoms with van der Waals surface area (Å²) >= 11 is 0. The van der Waals surface area contributed by atoms with Crippen LogP contribution in [0, 0.1) is 0 Å². The van der Waals surface area contributed by atoms with Crippen LogP contribution in [0.15, 0.2) is 0 Å². The van der Waals surface area contributed by atoms with Crippen molar-refractivity contribution < 1.29 is 19.5 Å². The first-order valence-electron chi connectivity index (χ1n) is 5.87. The van der Waals surface area contributed by atoms with Crippen LogP contribution in [0.5, 0.6) is 0 Å². The maximum absolute atomic E-state index is 11.7. The number of nitrogens with one attached hydrogen (secondary N) is 2. The van der Waals surface area contributed by atoms with E-state index in [1.54, 1.807) is 0 Å². The van der Waals surface area contributed by atoms with Crippen LogP contribution in [0.4, 0.5) is 0 Å². The monoisotopic (exact) mass is 242 g/mol. The van der Waals surface area contributed by atoms with E-state index in [-0.39, 0.29) is 5.91 Å². The van der Waals surface area contributed by atoms with Crippen LogP contribution >= 0.6 is 0 Å². The summed E-state index contributed by atoms with van der Waals surface area (Å²) in [5, 5.41) is 13.9. The van der Waals surface area contributed by atoms with E-state index in [2.05, 4.69) is 10.6 Å².